The average Bonchev–Trinajstić information content (AvgIpc) is 3.35. The molecule has 0 atom stereocenters. The van der Waals surface area contributed by atoms with Crippen LogP contribution in [0.2, 0.25) is 0 Å². The lowest BCUT2D eigenvalue weighted by Gasteiger charge is -2.08. The summed E-state index contributed by atoms with van der Waals surface area (Å²) in [4.78, 5) is 28.7. The number of allylic oxidation sites excluding steroid dienone is 1. The zero-order chi connectivity index (χ0) is 18.8. The lowest BCUT2D eigenvalue weighted by molar-refractivity contribution is 0.103. The molecular formula is C20H20N6O. The van der Waals surface area contributed by atoms with Crippen LogP contribution in [0.4, 0.5) is 0 Å². The Labute approximate surface area is 156 Å². The van der Waals surface area contributed by atoms with Crippen LogP contribution in [-0.2, 0) is 6.54 Å². The monoisotopic (exact) mass is 360 g/mol. The van der Waals surface area contributed by atoms with Gasteiger partial charge in [-0.2, -0.15) is 0 Å². The van der Waals surface area contributed by atoms with Crippen molar-refractivity contribution in [2.24, 2.45) is 4.99 Å². The highest BCUT2D eigenvalue weighted by molar-refractivity contribution is 6.14. The second-order valence-corrected chi connectivity index (χ2v) is 6.48. The van der Waals surface area contributed by atoms with Gasteiger partial charge in [0.15, 0.2) is 17.4 Å². The van der Waals surface area contributed by atoms with Crippen molar-refractivity contribution in [2.75, 3.05) is 13.1 Å². The number of aromatic amines is 1. The van der Waals surface area contributed by atoms with E-state index in [-0.39, 0.29) is 5.78 Å². The van der Waals surface area contributed by atoms with Crippen molar-refractivity contribution < 1.29 is 4.79 Å². The van der Waals surface area contributed by atoms with E-state index in [2.05, 4.69) is 43.2 Å². The SMILES string of the molecule is C=C(C)C(=O)c1c[nH]c2ncc(-c3cccc(CNC4=NCCN4)c3)nc12. The fraction of sp³-hybridized carbons (Fsp3) is 0.200. The Morgan fingerprint density at radius 2 is 2.26 bits per heavy atom. The number of carbonyl (C=O) groups excluding carboxylic acids is 1. The summed E-state index contributed by atoms with van der Waals surface area (Å²) in [6.45, 7) is 7.77. The predicted octanol–water partition coefficient (Wildman–Crippen LogP) is 2.43. The number of carbonyl (C=O) groups is 1. The van der Waals surface area contributed by atoms with Crippen LogP contribution in [-0.4, -0.2) is 39.8 Å². The standard InChI is InChI=1S/C20H20N6O/c1-12(2)18(27)15-10-23-19-17(15)26-16(11-24-19)14-5-3-4-13(8-14)9-25-20-21-6-7-22-20/h3-5,8,10-11H,1,6-7,9H2,2H3,(H,23,24)(H2,21,22,25). The number of H-pyrrole nitrogens is 1. The number of nitrogens with zero attached hydrogens (tertiary/aromatic N) is 3. The maximum Gasteiger partial charge on any atom is 0.191 e. The third-order valence-electron chi connectivity index (χ3n) is 4.37. The molecule has 0 unspecified atom stereocenters. The number of aromatic nitrogens is 3. The van der Waals surface area contributed by atoms with Crippen LogP contribution in [0.25, 0.3) is 22.4 Å². The van der Waals surface area contributed by atoms with Crippen molar-refractivity contribution >= 4 is 22.9 Å². The predicted molar refractivity (Wildman–Crippen MR) is 106 cm³/mol. The molecule has 0 saturated heterocycles. The molecule has 4 rings (SSSR count). The molecule has 0 saturated carbocycles. The fourth-order valence-corrected chi connectivity index (χ4v) is 2.98. The highest BCUT2D eigenvalue weighted by Crippen LogP contribution is 2.23. The Balaban J connectivity index is 1.63. The summed E-state index contributed by atoms with van der Waals surface area (Å²) < 4.78 is 0. The van der Waals surface area contributed by atoms with E-state index in [0.29, 0.717) is 28.8 Å². The minimum atomic E-state index is -0.129. The van der Waals surface area contributed by atoms with E-state index in [9.17, 15) is 4.79 Å². The van der Waals surface area contributed by atoms with Gasteiger partial charge >= 0.3 is 0 Å². The topological polar surface area (TPSA) is 95.1 Å². The summed E-state index contributed by atoms with van der Waals surface area (Å²) in [6.07, 6.45) is 3.35. The molecule has 1 aliphatic rings. The number of hydrogen-bond acceptors (Lipinski definition) is 6. The Kier molecular flexibility index (Phi) is 4.42. The van der Waals surface area contributed by atoms with E-state index >= 15 is 0 Å². The molecule has 3 heterocycles. The van der Waals surface area contributed by atoms with Crippen LogP contribution in [0.1, 0.15) is 22.8 Å². The van der Waals surface area contributed by atoms with E-state index in [1.54, 1.807) is 19.3 Å². The summed E-state index contributed by atoms with van der Waals surface area (Å²) in [5.41, 5.74) is 4.89. The lowest BCUT2D eigenvalue weighted by Crippen LogP contribution is -2.33. The smallest absolute Gasteiger partial charge is 0.191 e. The van der Waals surface area contributed by atoms with Gasteiger partial charge in [0, 0.05) is 24.8 Å². The van der Waals surface area contributed by atoms with E-state index in [4.69, 9.17) is 0 Å². The molecule has 0 radical (unpaired) electrons. The Bertz CT molecular complexity index is 1070. The van der Waals surface area contributed by atoms with Gasteiger partial charge in [-0.25, -0.2) is 9.97 Å². The first-order valence-corrected chi connectivity index (χ1v) is 8.77. The van der Waals surface area contributed by atoms with Crippen LogP contribution >= 0.6 is 0 Å². The number of rotatable bonds is 5. The number of benzene rings is 1. The van der Waals surface area contributed by atoms with Gasteiger partial charge < -0.3 is 15.6 Å². The van der Waals surface area contributed by atoms with Crippen molar-refractivity contribution in [1.82, 2.24) is 25.6 Å². The van der Waals surface area contributed by atoms with Gasteiger partial charge in [-0.05, 0) is 24.1 Å². The molecule has 7 heteroatoms. The quantitative estimate of drug-likeness (QED) is 0.480. The molecule has 2 aromatic heterocycles. The van der Waals surface area contributed by atoms with Crippen LogP contribution in [0.5, 0.6) is 0 Å². The van der Waals surface area contributed by atoms with Crippen molar-refractivity contribution in [3.05, 3.63) is 59.9 Å². The zero-order valence-corrected chi connectivity index (χ0v) is 15.0. The highest BCUT2D eigenvalue weighted by Gasteiger charge is 2.15. The Morgan fingerprint density at radius 3 is 3.04 bits per heavy atom. The summed E-state index contributed by atoms with van der Waals surface area (Å²) in [5.74, 6) is 0.701. The molecule has 1 aromatic carbocycles. The number of fused-ring (bicyclic) bond motifs is 1. The minimum absolute atomic E-state index is 0.129. The number of hydrogen-bond donors (Lipinski definition) is 3. The number of aliphatic imine (C=N–C) groups is 1. The highest BCUT2D eigenvalue weighted by atomic mass is 16.1. The van der Waals surface area contributed by atoms with Crippen molar-refractivity contribution in [3.8, 4) is 11.3 Å². The van der Waals surface area contributed by atoms with Gasteiger partial charge in [-0.3, -0.25) is 9.79 Å². The summed E-state index contributed by atoms with van der Waals surface area (Å²) in [5, 5.41) is 6.47. The second-order valence-electron chi connectivity index (χ2n) is 6.48. The Hall–Kier alpha value is -3.48. The van der Waals surface area contributed by atoms with Crippen LogP contribution < -0.4 is 10.6 Å². The van der Waals surface area contributed by atoms with Gasteiger partial charge in [0.25, 0.3) is 0 Å². The molecule has 7 nitrogen and oxygen atoms in total. The number of guanidine groups is 1. The first-order valence-electron chi connectivity index (χ1n) is 8.77. The van der Waals surface area contributed by atoms with Gasteiger partial charge in [0.05, 0.1) is 24.0 Å². The molecule has 3 N–H and O–H groups in total. The van der Waals surface area contributed by atoms with Crippen molar-refractivity contribution in [1.29, 1.82) is 0 Å². The molecule has 27 heavy (non-hydrogen) atoms. The van der Waals surface area contributed by atoms with Crippen molar-refractivity contribution in [3.63, 3.8) is 0 Å². The van der Waals surface area contributed by atoms with Crippen LogP contribution in [0.15, 0.2) is 53.8 Å². The van der Waals surface area contributed by atoms with E-state index in [0.717, 1.165) is 35.9 Å². The molecule has 0 amide bonds. The molecule has 1 aliphatic heterocycles. The normalized spacial score (nSPS) is 13.3. The van der Waals surface area contributed by atoms with Gasteiger partial charge in [0.1, 0.15) is 5.52 Å². The van der Waals surface area contributed by atoms with Crippen LogP contribution in [0, 0.1) is 0 Å². The molecule has 0 bridgehead atoms. The van der Waals surface area contributed by atoms with Crippen molar-refractivity contribution in [2.45, 2.75) is 13.5 Å². The summed E-state index contributed by atoms with van der Waals surface area (Å²) in [6, 6.07) is 8.08. The Morgan fingerprint density at radius 1 is 1.37 bits per heavy atom. The lowest BCUT2D eigenvalue weighted by atomic mass is 10.1. The van der Waals surface area contributed by atoms with Gasteiger partial charge in [0.2, 0.25) is 0 Å². The second kappa shape index (κ2) is 7.03. The van der Waals surface area contributed by atoms with Gasteiger partial charge in [-0.1, -0.05) is 24.8 Å². The summed E-state index contributed by atoms with van der Waals surface area (Å²) >= 11 is 0. The molecule has 0 fully saturated rings. The minimum Gasteiger partial charge on any atom is -0.355 e. The van der Waals surface area contributed by atoms with Gasteiger partial charge in [-0.15, -0.1) is 0 Å². The van der Waals surface area contributed by atoms with E-state index in [1.807, 2.05) is 18.2 Å². The largest absolute Gasteiger partial charge is 0.355 e. The fourth-order valence-electron chi connectivity index (χ4n) is 2.98. The average molecular weight is 360 g/mol. The molecule has 0 aliphatic carbocycles. The maximum absolute atomic E-state index is 12.3. The van der Waals surface area contributed by atoms with E-state index < -0.39 is 0 Å². The van der Waals surface area contributed by atoms with E-state index in [1.165, 1.54) is 0 Å². The molecule has 0 spiro atoms. The first kappa shape index (κ1) is 17.0. The number of ketones is 1. The summed E-state index contributed by atoms with van der Waals surface area (Å²) in [7, 11) is 0. The zero-order valence-electron chi connectivity index (χ0n) is 15.0. The van der Waals surface area contributed by atoms with Crippen LogP contribution in [0.3, 0.4) is 0 Å². The first-order chi connectivity index (χ1) is 13.1. The third-order valence-corrected chi connectivity index (χ3v) is 4.37. The molecule has 3 aromatic rings. The maximum atomic E-state index is 12.3. The number of Topliss-reactive ketones (excluding diaryl/α,β-unsaturated/α-hetero) is 1. The third kappa shape index (κ3) is 3.44. The molecule has 136 valence electrons. The number of nitrogens with one attached hydrogen (secondary N) is 3. The molecular weight excluding hydrogens is 340 g/mol.